The molecule has 1 atom stereocenters. The standard InChI is InChI=1S/C14H22ClNO3S/c1-10-5-6-12(15)7-13(10)19-8-11(14(2,3)4)9-20(16,17)18/h5-7,11H,8-9H2,1-4H3,(H2,16,17,18). The molecule has 0 fully saturated rings. The van der Waals surface area contributed by atoms with Gasteiger partial charge in [-0.05, 0) is 30.0 Å². The molecule has 0 aromatic heterocycles. The highest BCUT2D eigenvalue weighted by Crippen LogP contribution is 2.29. The van der Waals surface area contributed by atoms with Crippen LogP contribution in [0.4, 0.5) is 0 Å². The fraction of sp³-hybridized carbons (Fsp3) is 0.571. The molecule has 1 rings (SSSR count). The van der Waals surface area contributed by atoms with Gasteiger partial charge in [-0.1, -0.05) is 38.4 Å². The molecule has 2 N–H and O–H groups in total. The number of ether oxygens (including phenoxy) is 1. The maximum Gasteiger partial charge on any atom is 0.209 e. The normalized spacial score (nSPS) is 14.1. The monoisotopic (exact) mass is 319 g/mol. The number of rotatable bonds is 5. The minimum Gasteiger partial charge on any atom is -0.493 e. The Morgan fingerprint density at radius 1 is 1.35 bits per heavy atom. The summed E-state index contributed by atoms with van der Waals surface area (Å²) in [6.07, 6.45) is 0. The van der Waals surface area contributed by atoms with Gasteiger partial charge in [-0.2, -0.15) is 0 Å². The van der Waals surface area contributed by atoms with Crippen molar-refractivity contribution in [3.8, 4) is 5.75 Å². The lowest BCUT2D eigenvalue weighted by molar-refractivity contribution is 0.162. The van der Waals surface area contributed by atoms with E-state index in [-0.39, 0.29) is 23.7 Å². The van der Waals surface area contributed by atoms with Crippen LogP contribution in [0.1, 0.15) is 26.3 Å². The number of aryl methyl sites for hydroxylation is 1. The van der Waals surface area contributed by atoms with Gasteiger partial charge in [0.05, 0.1) is 12.4 Å². The number of hydrogen-bond acceptors (Lipinski definition) is 3. The quantitative estimate of drug-likeness (QED) is 0.907. The van der Waals surface area contributed by atoms with Gasteiger partial charge in [-0.25, -0.2) is 13.6 Å². The number of halogens is 1. The van der Waals surface area contributed by atoms with Crippen LogP contribution in [0.25, 0.3) is 0 Å². The Bertz CT molecular complexity index is 564. The van der Waals surface area contributed by atoms with Gasteiger partial charge < -0.3 is 4.74 Å². The summed E-state index contributed by atoms with van der Waals surface area (Å²) >= 11 is 5.93. The van der Waals surface area contributed by atoms with Crippen molar-refractivity contribution < 1.29 is 13.2 Å². The molecule has 1 unspecified atom stereocenters. The summed E-state index contributed by atoms with van der Waals surface area (Å²) in [5.74, 6) is 0.368. The SMILES string of the molecule is Cc1ccc(Cl)cc1OCC(CS(N)(=O)=O)C(C)(C)C. The Kier molecular flexibility index (Phi) is 5.46. The summed E-state index contributed by atoms with van der Waals surface area (Å²) in [6, 6.07) is 5.38. The first kappa shape index (κ1) is 17.3. The number of primary sulfonamides is 1. The van der Waals surface area contributed by atoms with E-state index in [0.29, 0.717) is 10.8 Å². The van der Waals surface area contributed by atoms with Crippen molar-refractivity contribution in [3.05, 3.63) is 28.8 Å². The zero-order valence-electron chi connectivity index (χ0n) is 12.3. The molecule has 20 heavy (non-hydrogen) atoms. The Balaban J connectivity index is 2.84. The molecule has 0 spiro atoms. The van der Waals surface area contributed by atoms with Gasteiger partial charge >= 0.3 is 0 Å². The number of hydrogen-bond donors (Lipinski definition) is 1. The Morgan fingerprint density at radius 3 is 2.45 bits per heavy atom. The first-order valence-corrected chi connectivity index (χ1v) is 8.48. The predicted octanol–water partition coefficient (Wildman–Crippen LogP) is 2.98. The molecule has 1 aromatic carbocycles. The highest BCUT2D eigenvalue weighted by Gasteiger charge is 2.29. The van der Waals surface area contributed by atoms with Crippen LogP contribution in [-0.2, 0) is 10.0 Å². The number of benzene rings is 1. The average Bonchev–Trinajstić information content (AvgIpc) is 2.25. The van der Waals surface area contributed by atoms with Crippen molar-refractivity contribution in [3.63, 3.8) is 0 Å². The molecular weight excluding hydrogens is 298 g/mol. The van der Waals surface area contributed by atoms with Crippen LogP contribution in [-0.4, -0.2) is 20.8 Å². The molecule has 1 aromatic rings. The molecule has 0 amide bonds. The Hall–Kier alpha value is -0.780. The van der Waals surface area contributed by atoms with Gasteiger partial charge in [0.2, 0.25) is 10.0 Å². The van der Waals surface area contributed by atoms with Crippen LogP contribution in [0.2, 0.25) is 5.02 Å². The third-order valence-corrected chi connectivity index (χ3v) is 4.35. The molecule has 0 aliphatic rings. The van der Waals surface area contributed by atoms with Crippen LogP contribution >= 0.6 is 11.6 Å². The van der Waals surface area contributed by atoms with Crippen molar-refractivity contribution in [2.45, 2.75) is 27.7 Å². The van der Waals surface area contributed by atoms with E-state index >= 15 is 0 Å². The van der Waals surface area contributed by atoms with Crippen LogP contribution in [0.5, 0.6) is 5.75 Å². The van der Waals surface area contributed by atoms with E-state index in [4.69, 9.17) is 21.5 Å². The molecule has 0 bridgehead atoms. The van der Waals surface area contributed by atoms with Crippen LogP contribution in [0, 0.1) is 18.3 Å². The largest absolute Gasteiger partial charge is 0.493 e. The molecule has 114 valence electrons. The van der Waals surface area contributed by atoms with Gasteiger partial charge in [0, 0.05) is 10.9 Å². The van der Waals surface area contributed by atoms with Crippen LogP contribution in [0.3, 0.4) is 0 Å². The highest BCUT2D eigenvalue weighted by molar-refractivity contribution is 7.89. The minimum absolute atomic E-state index is 0.101. The maximum absolute atomic E-state index is 11.3. The van der Waals surface area contributed by atoms with Gasteiger partial charge in [0.25, 0.3) is 0 Å². The molecule has 6 heteroatoms. The lowest BCUT2D eigenvalue weighted by atomic mass is 9.82. The number of sulfonamides is 1. The van der Waals surface area contributed by atoms with Gasteiger partial charge in [-0.15, -0.1) is 0 Å². The highest BCUT2D eigenvalue weighted by atomic mass is 35.5. The second-order valence-electron chi connectivity index (χ2n) is 6.11. The fourth-order valence-electron chi connectivity index (χ4n) is 1.75. The third-order valence-electron chi connectivity index (χ3n) is 3.25. The molecular formula is C14H22ClNO3S. The van der Waals surface area contributed by atoms with Crippen LogP contribution in [0.15, 0.2) is 18.2 Å². The topological polar surface area (TPSA) is 69.4 Å². The zero-order valence-corrected chi connectivity index (χ0v) is 13.9. The second kappa shape index (κ2) is 6.33. The van der Waals surface area contributed by atoms with Gasteiger partial charge in [0.15, 0.2) is 0 Å². The predicted molar refractivity (Wildman–Crippen MR) is 82.6 cm³/mol. The van der Waals surface area contributed by atoms with Crippen molar-refractivity contribution in [1.29, 1.82) is 0 Å². The van der Waals surface area contributed by atoms with E-state index < -0.39 is 10.0 Å². The molecule has 0 heterocycles. The summed E-state index contributed by atoms with van der Waals surface area (Å²) < 4.78 is 28.4. The summed E-state index contributed by atoms with van der Waals surface area (Å²) in [5, 5.41) is 5.74. The summed E-state index contributed by atoms with van der Waals surface area (Å²) in [4.78, 5) is 0. The molecule has 0 saturated carbocycles. The molecule has 0 aliphatic carbocycles. The molecule has 0 radical (unpaired) electrons. The average molecular weight is 320 g/mol. The summed E-state index contributed by atoms with van der Waals surface area (Å²) in [7, 11) is -3.54. The first-order chi connectivity index (χ1) is 8.99. The zero-order chi connectivity index (χ0) is 15.6. The minimum atomic E-state index is -3.54. The smallest absolute Gasteiger partial charge is 0.209 e. The van der Waals surface area contributed by atoms with E-state index in [1.807, 2.05) is 33.8 Å². The lowest BCUT2D eigenvalue weighted by Gasteiger charge is -2.30. The first-order valence-electron chi connectivity index (χ1n) is 6.38. The molecule has 0 saturated heterocycles. The Morgan fingerprint density at radius 2 is 1.95 bits per heavy atom. The number of nitrogens with two attached hydrogens (primary N) is 1. The van der Waals surface area contributed by atoms with E-state index in [2.05, 4.69) is 0 Å². The van der Waals surface area contributed by atoms with E-state index in [0.717, 1.165) is 5.56 Å². The van der Waals surface area contributed by atoms with Crippen molar-refractivity contribution in [2.24, 2.45) is 16.5 Å². The maximum atomic E-state index is 11.3. The van der Waals surface area contributed by atoms with Gasteiger partial charge in [-0.3, -0.25) is 0 Å². The molecule has 4 nitrogen and oxygen atoms in total. The fourth-order valence-corrected chi connectivity index (χ4v) is 3.07. The second-order valence-corrected chi connectivity index (χ2v) is 8.21. The van der Waals surface area contributed by atoms with Crippen molar-refractivity contribution in [1.82, 2.24) is 0 Å². The van der Waals surface area contributed by atoms with Crippen LogP contribution < -0.4 is 9.88 Å². The summed E-state index contributed by atoms with van der Waals surface area (Å²) in [5.41, 5.74) is 0.733. The van der Waals surface area contributed by atoms with Gasteiger partial charge in [0.1, 0.15) is 5.75 Å². The van der Waals surface area contributed by atoms with E-state index in [9.17, 15) is 8.42 Å². The van der Waals surface area contributed by atoms with Crippen molar-refractivity contribution >= 4 is 21.6 Å². The Labute approximate surface area is 126 Å². The van der Waals surface area contributed by atoms with Crippen molar-refractivity contribution in [2.75, 3.05) is 12.4 Å². The lowest BCUT2D eigenvalue weighted by Crippen LogP contribution is -2.35. The van der Waals surface area contributed by atoms with E-state index in [1.165, 1.54) is 0 Å². The third kappa shape index (κ3) is 5.69. The summed E-state index contributed by atoms with van der Waals surface area (Å²) in [6.45, 7) is 8.10. The molecule has 0 aliphatic heterocycles. The van der Waals surface area contributed by atoms with E-state index in [1.54, 1.807) is 12.1 Å².